The minimum Gasteiger partial charge on any atom is -0.369 e. The quantitative estimate of drug-likeness (QED) is 0.393. The molecule has 0 aliphatic carbocycles. The monoisotopic (exact) mass is 351 g/mol. The number of nitrogens with one attached hydrogen (secondary N) is 2. The molecule has 1 fully saturated rings. The molecule has 7 heteroatoms. The molecule has 1 atom stereocenters. The highest BCUT2D eigenvalue weighted by molar-refractivity contribution is 7.11. The number of nitrogens with zero attached hydrogens (tertiary/aromatic N) is 2. The van der Waals surface area contributed by atoms with Gasteiger partial charge in [0.1, 0.15) is 0 Å². The summed E-state index contributed by atoms with van der Waals surface area (Å²) in [5.41, 5.74) is 5.42. The van der Waals surface area contributed by atoms with E-state index in [0.29, 0.717) is 0 Å². The molecule has 4 N–H and O–H groups in total. The van der Waals surface area contributed by atoms with Gasteiger partial charge in [0.2, 0.25) is 5.91 Å². The minimum atomic E-state index is -0.161. The molecule has 1 aromatic heterocycles. The number of hydrogen-bond acceptors (Lipinski definition) is 4. The molecule has 0 spiro atoms. The van der Waals surface area contributed by atoms with Crippen LogP contribution in [0.3, 0.4) is 0 Å². The minimum absolute atomic E-state index is 0.0235. The van der Waals surface area contributed by atoms with Crippen molar-refractivity contribution in [1.82, 2.24) is 15.5 Å². The smallest absolute Gasteiger partial charge is 0.221 e. The number of guanidine groups is 1. The highest BCUT2D eigenvalue weighted by Crippen LogP contribution is 2.16. The number of thiophene rings is 1. The van der Waals surface area contributed by atoms with Crippen LogP contribution in [0, 0.1) is 12.8 Å². The van der Waals surface area contributed by atoms with Crippen molar-refractivity contribution in [1.29, 1.82) is 0 Å². The summed E-state index contributed by atoms with van der Waals surface area (Å²) in [6.07, 6.45) is 3.01. The molecular formula is C17H29N5OS. The normalized spacial score (nSPS) is 19.2. The van der Waals surface area contributed by atoms with Crippen LogP contribution in [0.15, 0.2) is 17.1 Å². The van der Waals surface area contributed by atoms with E-state index >= 15 is 0 Å². The summed E-state index contributed by atoms with van der Waals surface area (Å²) in [6, 6.07) is 4.28. The molecule has 1 saturated heterocycles. The highest BCUT2D eigenvalue weighted by Gasteiger charge is 2.23. The second kappa shape index (κ2) is 9.64. The molecule has 0 saturated carbocycles. The molecule has 1 aliphatic heterocycles. The molecule has 0 aromatic carbocycles. The number of carbonyl (C=O) groups excluding carboxylic acids is 1. The molecule has 134 valence electrons. The summed E-state index contributed by atoms with van der Waals surface area (Å²) in [6.45, 7) is 6.63. The van der Waals surface area contributed by atoms with E-state index in [2.05, 4.69) is 39.6 Å². The lowest BCUT2D eigenvalue weighted by molar-refractivity contribution is -0.123. The summed E-state index contributed by atoms with van der Waals surface area (Å²) in [4.78, 5) is 20.5. The van der Waals surface area contributed by atoms with Gasteiger partial charge in [-0.2, -0.15) is 0 Å². The lowest BCUT2D eigenvalue weighted by Gasteiger charge is -2.31. The van der Waals surface area contributed by atoms with E-state index in [-0.39, 0.29) is 11.8 Å². The fourth-order valence-electron chi connectivity index (χ4n) is 2.97. The molecule has 2 heterocycles. The predicted molar refractivity (Wildman–Crippen MR) is 100 cm³/mol. The van der Waals surface area contributed by atoms with Crippen LogP contribution in [0.2, 0.25) is 0 Å². The van der Waals surface area contributed by atoms with Crippen molar-refractivity contribution in [3.05, 3.63) is 21.9 Å². The fourth-order valence-corrected chi connectivity index (χ4v) is 3.80. The third kappa shape index (κ3) is 6.13. The molecule has 2 rings (SSSR count). The molecule has 6 nitrogen and oxygen atoms in total. The zero-order valence-electron chi connectivity index (χ0n) is 14.7. The number of primary amides is 1. The predicted octanol–water partition coefficient (Wildman–Crippen LogP) is 1.31. The van der Waals surface area contributed by atoms with Crippen molar-refractivity contribution in [3.8, 4) is 0 Å². The van der Waals surface area contributed by atoms with Crippen molar-refractivity contribution >= 4 is 23.2 Å². The first-order valence-electron chi connectivity index (χ1n) is 8.60. The van der Waals surface area contributed by atoms with Gasteiger partial charge in [-0.05, 0) is 51.4 Å². The van der Waals surface area contributed by atoms with Crippen molar-refractivity contribution < 1.29 is 4.79 Å². The van der Waals surface area contributed by atoms with Crippen LogP contribution in [0.1, 0.15) is 29.0 Å². The van der Waals surface area contributed by atoms with Gasteiger partial charge in [-0.15, -0.1) is 11.3 Å². The average Bonchev–Trinajstić information content (AvgIpc) is 3.00. The molecule has 0 radical (unpaired) electrons. The van der Waals surface area contributed by atoms with Crippen LogP contribution < -0.4 is 16.4 Å². The van der Waals surface area contributed by atoms with Crippen LogP contribution in [0.25, 0.3) is 0 Å². The summed E-state index contributed by atoms with van der Waals surface area (Å²) < 4.78 is 0. The average molecular weight is 352 g/mol. The van der Waals surface area contributed by atoms with Crippen LogP contribution in [0.4, 0.5) is 0 Å². The molecule has 1 unspecified atom stereocenters. The van der Waals surface area contributed by atoms with E-state index in [1.54, 1.807) is 18.4 Å². The first kappa shape index (κ1) is 18.7. The summed E-state index contributed by atoms with van der Waals surface area (Å²) in [5.74, 6) is 0.691. The lowest BCUT2D eigenvalue weighted by atomic mass is 9.97. The Morgan fingerprint density at radius 2 is 2.29 bits per heavy atom. The Morgan fingerprint density at radius 3 is 2.96 bits per heavy atom. The Labute approximate surface area is 148 Å². The summed E-state index contributed by atoms with van der Waals surface area (Å²) in [5, 5.41) is 6.68. The van der Waals surface area contributed by atoms with E-state index < -0.39 is 0 Å². The SMILES string of the molecule is CN=C(NCCCN1CCCC(C(N)=O)C1)NCc1ccc(C)s1. The Morgan fingerprint density at radius 1 is 1.46 bits per heavy atom. The number of nitrogens with two attached hydrogens (primary N) is 1. The van der Waals surface area contributed by atoms with Gasteiger partial charge in [0.25, 0.3) is 0 Å². The number of rotatable bonds is 7. The highest BCUT2D eigenvalue weighted by atomic mass is 32.1. The van der Waals surface area contributed by atoms with Crippen LogP contribution >= 0.6 is 11.3 Å². The molecule has 0 bridgehead atoms. The fraction of sp³-hybridized carbons (Fsp3) is 0.647. The second-order valence-corrected chi connectivity index (χ2v) is 7.63. The Kier molecular flexibility index (Phi) is 7.52. The van der Waals surface area contributed by atoms with Gasteiger partial charge >= 0.3 is 0 Å². The zero-order valence-corrected chi connectivity index (χ0v) is 15.5. The Bertz CT molecular complexity index is 557. The van der Waals surface area contributed by atoms with Crippen LogP contribution in [-0.2, 0) is 11.3 Å². The van der Waals surface area contributed by atoms with E-state index in [1.165, 1.54) is 9.75 Å². The Balaban J connectivity index is 1.62. The van der Waals surface area contributed by atoms with Crippen molar-refractivity contribution in [3.63, 3.8) is 0 Å². The van der Waals surface area contributed by atoms with Gasteiger partial charge in [0, 0.05) is 29.9 Å². The van der Waals surface area contributed by atoms with E-state index in [4.69, 9.17) is 5.73 Å². The molecule has 1 aliphatic rings. The van der Waals surface area contributed by atoms with Gasteiger partial charge in [-0.25, -0.2) is 0 Å². The van der Waals surface area contributed by atoms with Crippen molar-refractivity contribution in [2.24, 2.45) is 16.6 Å². The third-order valence-electron chi connectivity index (χ3n) is 4.30. The van der Waals surface area contributed by atoms with E-state index in [1.807, 2.05) is 0 Å². The first-order valence-corrected chi connectivity index (χ1v) is 9.41. The standard InChI is InChI=1S/C17H29N5OS/c1-13-6-7-15(24-13)11-21-17(19-2)20-8-4-10-22-9-3-5-14(12-22)16(18)23/h6-7,14H,3-5,8-12H2,1-2H3,(H2,18,23)(H2,19,20,21). The maximum Gasteiger partial charge on any atom is 0.221 e. The van der Waals surface area contributed by atoms with Gasteiger partial charge in [0.05, 0.1) is 12.5 Å². The van der Waals surface area contributed by atoms with Crippen molar-refractivity contribution in [2.75, 3.05) is 33.2 Å². The number of piperidine rings is 1. The molecule has 24 heavy (non-hydrogen) atoms. The second-order valence-electron chi connectivity index (χ2n) is 6.26. The van der Waals surface area contributed by atoms with Gasteiger partial charge in [-0.1, -0.05) is 0 Å². The lowest BCUT2D eigenvalue weighted by Crippen LogP contribution is -2.42. The summed E-state index contributed by atoms with van der Waals surface area (Å²) >= 11 is 1.80. The molecule has 1 amide bonds. The topological polar surface area (TPSA) is 82.8 Å². The maximum atomic E-state index is 11.3. The number of aliphatic imine (C=N–C) groups is 1. The van der Waals surface area contributed by atoms with Gasteiger partial charge < -0.3 is 21.3 Å². The van der Waals surface area contributed by atoms with Gasteiger partial charge in [0.15, 0.2) is 5.96 Å². The van der Waals surface area contributed by atoms with Crippen molar-refractivity contribution in [2.45, 2.75) is 32.7 Å². The molecular weight excluding hydrogens is 322 g/mol. The number of amides is 1. The molecule has 1 aromatic rings. The third-order valence-corrected chi connectivity index (χ3v) is 5.30. The number of likely N-dealkylation sites (tertiary alicyclic amines) is 1. The van der Waals surface area contributed by atoms with E-state index in [9.17, 15) is 4.79 Å². The van der Waals surface area contributed by atoms with Gasteiger partial charge in [-0.3, -0.25) is 9.79 Å². The first-order chi connectivity index (χ1) is 11.6. The Hall–Kier alpha value is -1.60. The maximum absolute atomic E-state index is 11.3. The summed E-state index contributed by atoms with van der Waals surface area (Å²) in [7, 11) is 1.79. The number of aryl methyl sites for hydroxylation is 1. The van der Waals surface area contributed by atoms with Crippen LogP contribution in [-0.4, -0.2) is 50.0 Å². The largest absolute Gasteiger partial charge is 0.369 e. The van der Waals surface area contributed by atoms with Crippen LogP contribution in [0.5, 0.6) is 0 Å². The number of hydrogen-bond donors (Lipinski definition) is 3. The zero-order chi connectivity index (χ0) is 17.4. The van der Waals surface area contributed by atoms with E-state index in [0.717, 1.165) is 57.9 Å². The number of carbonyl (C=O) groups is 1.